The summed E-state index contributed by atoms with van der Waals surface area (Å²) in [6.07, 6.45) is 17.3. The Morgan fingerprint density at radius 1 is 0.826 bits per heavy atom. The molecule has 0 radical (unpaired) electrons. The second kappa shape index (κ2) is 13.8. The van der Waals surface area contributed by atoms with E-state index in [0.717, 1.165) is 12.8 Å². The number of nitrogens with two attached hydrogens (primary N) is 1. The maximum Gasteiger partial charge on any atom is 0.277 e. The minimum atomic E-state index is -2.36. The zero-order valence-corrected chi connectivity index (χ0v) is 15.4. The summed E-state index contributed by atoms with van der Waals surface area (Å²) < 4.78 is 0. The Labute approximate surface area is 142 Å². The van der Waals surface area contributed by atoms with Gasteiger partial charge in [0.1, 0.15) is 0 Å². The molecule has 0 heterocycles. The first kappa shape index (κ1) is 22.4. The van der Waals surface area contributed by atoms with E-state index in [1.165, 1.54) is 70.6 Å². The Bertz CT molecular complexity index is 292. The zero-order chi connectivity index (χ0) is 17.6. The van der Waals surface area contributed by atoms with Gasteiger partial charge in [-0.1, -0.05) is 97.3 Å². The Kier molecular flexibility index (Phi) is 13.4. The molecule has 0 aliphatic heterocycles. The van der Waals surface area contributed by atoms with E-state index < -0.39 is 17.6 Å². The highest BCUT2D eigenvalue weighted by molar-refractivity contribution is 5.81. The number of hydrogen-bond donors (Lipinski definition) is 3. The van der Waals surface area contributed by atoms with E-state index in [0.29, 0.717) is 6.42 Å². The van der Waals surface area contributed by atoms with Crippen molar-refractivity contribution in [1.82, 2.24) is 0 Å². The molecule has 0 saturated heterocycles. The average molecular weight is 330 g/mol. The van der Waals surface area contributed by atoms with E-state index in [2.05, 4.69) is 6.92 Å². The van der Waals surface area contributed by atoms with Gasteiger partial charge < -0.3 is 15.9 Å². The van der Waals surface area contributed by atoms with E-state index in [-0.39, 0.29) is 0 Å². The monoisotopic (exact) mass is 329 g/mol. The lowest BCUT2D eigenvalue weighted by atomic mass is 9.93. The summed E-state index contributed by atoms with van der Waals surface area (Å²) in [6.45, 7) is 3.91. The molecule has 0 aliphatic rings. The van der Waals surface area contributed by atoms with Crippen LogP contribution < -0.4 is 5.73 Å². The molecule has 0 fully saturated rings. The number of primary amides is 1. The number of aliphatic hydroxyl groups is 2. The summed E-state index contributed by atoms with van der Waals surface area (Å²) in [5, 5.41) is 19.1. The van der Waals surface area contributed by atoms with Crippen molar-refractivity contribution in [3.8, 4) is 0 Å². The lowest BCUT2D eigenvalue weighted by Gasteiger charge is -2.24. The predicted octanol–water partition coefficient (Wildman–Crippen LogP) is 4.27. The van der Waals surface area contributed by atoms with Crippen molar-refractivity contribution in [3.05, 3.63) is 0 Å². The van der Waals surface area contributed by atoms with Crippen LogP contribution in [-0.4, -0.2) is 21.9 Å². The molecular formula is C19H39NO3. The van der Waals surface area contributed by atoms with E-state index in [1.54, 1.807) is 6.92 Å². The Morgan fingerprint density at radius 2 is 1.17 bits per heavy atom. The molecule has 4 N–H and O–H groups in total. The second-order valence-corrected chi connectivity index (χ2v) is 7.02. The predicted molar refractivity (Wildman–Crippen MR) is 95.8 cm³/mol. The Hall–Kier alpha value is -0.610. The first-order valence-electron chi connectivity index (χ1n) is 9.67. The van der Waals surface area contributed by atoms with Crippen LogP contribution in [0.1, 0.15) is 104 Å². The fourth-order valence-corrected chi connectivity index (χ4v) is 2.91. The van der Waals surface area contributed by atoms with Crippen molar-refractivity contribution >= 4 is 5.91 Å². The fourth-order valence-electron chi connectivity index (χ4n) is 2.91. The van der Waals surface area contributed by atoms with Gasteiger partial charge in [0.05, 0.1) is 0 Å². The van der Waals surface area contributed by atoms with Gasteiger partial charge in [-0.15, -0.1) is 0 Å². The topological polar surface area (TPSA) is 83.6 Å². The van der Waals surface area contributed by atoms with Crippen molar-refractivity contribution in [2.75, 3.05) is 0 Å². The van der Waals surface area contributed by atoms with Gasteiger partial charge in [-0.25, -0.2) is 0 Å². The van der Waals surface area contributed by atoms with Crippen molar-refractivity contribution in [3.63, 3.8) is 0 Å². The van der Waals surface area contributed by atoms with Crippen LogP contribution in [-0.2, 0) is 4.79 Å². The van der Waals surface area contributed by atoms with Gasteiger partial charge >= 0.3 is 0 Å². The normalized spacial score (nSPS) is 13.2. The summed E-state index contributed by atoms with van der Waals surface area (Å²) in [5.74, 6) is -3.93. The lowest BCUT2D eigenvalue weighted by molar-refractivity contribution is -0.201. The highest BCUT2D eigenvalue weighted by atomic mass is 16.5. The van der Waals surface area contributed by atoms with Gasteiger partial charge in [-0.05, 0) is 6.42 Å². The molecule has 0 aromatic rings. The van der Waals surface area contributed by atoms with E-state index in [4.69, 9.17) is 5.73 Å². The Morgan fingerprint density at radius 3 is 1.52 bits per heavy atom. The summed E-state index contributed by atoms with van der Waals surface area (Å²) in [4.78, 5) is 10.9. The van der Waals surface area contributed by atoms with Crippen LogP contribution in [0.4, 0.5) is 0 Å². The number of carbonyl (C=O) groups is 1. The number of rotatable bonds is 16. The third kappa shape index (κ3) is 11.5. The molecule has 4 nitrogen and oxygen atoms in total. The Balaban J connectivity index is 3.32. The molecule has 0 aromatic carbocycles. The van der Waals surface area contributed by atoms with Crippen LogP contribution in [0, 0.1) is 5.92 Å². The van der Waals surface area contributed by atoms with Crippen molar-refractivity contribution in [2.24, 2.45) is 11.7 Å². The van der Waals surface area contributed by atoms with Crippen molar-refractivity contribution < 1.29 is 15.0 Å². The smallest absolute Gasteiger partial charge is 0.277 e. The summed E-state index contributed by atoms with van der Waals surface area (Å²) >= 11 is 0. The quantitative estimate of drug-likeness (QED) is 0.292. The molecule has 1 amide bonds. The van der Waals surface area contributed by atoms with Gasteiger partial charge in [0.15, 0.2) is 0 Å². The molecule has 0 aliphatic carbocycles. The third-order valence-electron chi connectivity index (χ3n) is 4.79. The van der Waals surface area contributed by atoms with Gasteiger partial charge in [0.2, 0.25) is 5.79 Å². The third-order valence-corrected chi connectivity index (χ3v) is 4.79. The SMILES string of the molecule is CCCCCCCCCCCCCCCC(C)C(O)(O)C(N)=O. The van der Waals surface area contributed by atoms with Gasteiger partial charge in [0, 0.05) is 5.92 Å². The molecule has 0 spiro atoms. The maximum atomic E-state index is 10.9. The molecule has 23 heavy (non-hydrogen) atoms. The number of carbonyl (C=O) groups excluding carboxylic acids is 1. The molecule has 0 aromatic heterocycles. The number of hydrogen-bond acceptors (Lipinski definition) is 3. The summed E-state index contributed by atoms with van der Waals surface area (Å²) in [5.41, 5.74) is 4.98. The van der Waals surface area contributed by atoms with Crippen LogP contribution in [0.5, 0.6) is 0 Å². The molecule has 1 atom stereocenters. The van der Waals surface area contributed by atoms with Crippen molar-refractivity contribution in [2.45, 2.75) is 110 Å². The summed E-state index contributed by atoms with van der Waals surface area (Å²) in [6, 6.07) is 0. The minimum absolute atomic E-state index is 0.507. The molecule has 0 saturated carbocycles. The van der Waals surface area contributed by atoms with Crippen molar-refractivity contribution in [1.29, 1.82) is 0 Å². The molecule has 1 unspecified atom stereocenters. The minimum Gasteiger partial charge on any atom is -0.365 e. The molecule has 0 rings (SSSR count). The fraction of sp³-hybridized carbons (Fsp3) is 0.947. The number of unbranched alkanes of at least 4 members (excludes halogenated alkanes) is 12. The zero-order valence-electron chi connectivity index (χ0n) is 15.4. The van der Waals surface area contributed by atoms with Gasteiger partial charge in [0.25, 0.3) is 5.91 Å². The molecule has 138 valence electrons. The van der Waals surface area contributed by atoms with Crippen LogP contribution in [0.2, 0.25) is 0 Å². The highest BCUT2D eigenvalue weighted by Crippen LogP contribution is 2.21. The van der Waals surface area contributed by atoms with E-state index in [1.807, 2.05) is 0 Å². The van der Waals surface area contributed by atoms with Crippen LogP contribution in [0.25, 0.3) is 0 Å². The second-order valence-electron chi connectivity index (χ2n) is 7.02. The van der Waals surface area contributed by atoms with Crippen LogP contribution >= 0.6 is 0 Å². The highest BCUT2D eigenvalue weighted by Gasteiger charge is 2.36. The largest absolute Gasteiger partial charge is 0.365 e. The molecule has 4 heteroatoms. The number of amides is 1. The molecular weight excluding hydrogens is 290 g/mol. The van der Waals surface area contributed by atoms with E-state index in [9.17, 15) is 15.0 Å². The average Bonchev–Trinajstić information content (AvgIpc) is 2.51. The van der Waals surface area contributed by atoms with Gasteiger partial charge in [-0.3, -0.25) is 4.79 Å². The molecule has 0 bridgehead atoms. The first-order valence-corrected chi connectivity index (χ1v) is 9.67. The maximum absolute atomic E-state index is 10.9. The first-order chi connectivity index (χ1) is 10.9. The van der Waals surface area contributed by atoms with E-state index >= 15 is 0 Å². The lowest BCUT2D eigenvalue weighted by Crippen LogP contribution is -2.48. The van der Waals surface area contributed by atoms with Crippen LogP contribution in [0.15, 0.2) is 0 Å². The van der Waals surface area contributed by atoms with Crippen LogP contribution in [0.3, 0.4) is 0 Å². The van der Waals surface area contributed by atoms with Gasteiger partial charge in [-0.2, -0.15) is 0 Å². The standard InChI is InChI=1S/C19H39NO3/c1-3-4-5-6-7-8-9-10-11-12-13-14-15-16-17(2)19(22,23)18(20)21/h17,22-23H,3-16H2,1-2H3,(H2,20,21). The summed E-state index contributed by atoms with van der Waals surface area (Å²) in [7, 11) is 0.